The molecule has 8 heteroatoms. The minimum absolute atomic E-state index is 0.0593. The topological polar surface area (TPSA) is 66.9 Å². The van der Waals surface area contributed by atoms with Gasteiger partial charge in [0.2, 0.25) is 5.95 Å². The number of amides is 1. The molecule has 3 aliphatic rings. The molecule has 1 amide bonds. The zero-order chi connectivity index (χ0) is 20.1. The molecule has 2 fully saturated rings. The molecule has 2 unspecified atom stereocenters. The second-order valence-electron chi connectivity index (χ2n) is 8.93. The van der Waals surface area contributed by atoms with E-state index < -0.39 is 11.5 Å². The van der Waals surface area contributed by atoms with Crippen molar-refractivity contribution in [2.45, 2.75) is 63.8 Å². The van der Waals surface area contributed by atoms with Crippen LogP contribution in [0, 0.1) is 5.95 Å². The van der Waals surface area contributed by atoms with Gasteiger partial charge in [0, 0.05) is 25.2 Å². The van der Waals surface area contributed by atoms with E-state index in [2.05, 4.69) is 15.2 Å². The molecule has 3 aliphatic heterocycles. The third kappa shape index (κ3) is 3.62. The second kappa shape index (κ2) is 7.06. The number of aromatic nitrogens is 1. The molecule has 1 aromatic heterocycles. The van der Waals surface area contributed by atoms with Crippen LogP contribution in [0.15, 0.2) is 6.07 Å². The summed E-state index contributed by atoms with van der Waals surface area (Å²) in [7, 11) is 1.85. The molecule has 4 rings (SSSR count). The van der Waals surface area contributed by atoms with Crippen molar-refractivity contribution in [1.29, 1.82) is 0 Å². The highest BCUT2D eigenvalue weighted by atomic mass is 19.1. The third-order valence-electron chi connectivity index (χ3n) is 5.73. The number of hydrogen-bond donors (Lipinski definition) is 1. The Morgan fingerprint density at radius 1 is 1.32 bits per heavy atom. The Hall–Kier alpha value is -2.09. The molecule has 3 atom stereocenters. The van der Waals surface area contributed by atoms with Crippen LogP contribution in [-0.2, 0) is 11.2 Å². The van der Waals surface area contributed by atoms with E-state index in [1.54, 1.807) is 0 Å². The Morgan fingerprint density at radius 2 is 2.00 bits per heavy atom. The number of carbonyl (C=O) groups excluding carboxylic acids is 1. The Bertz CT molecular complexity index is 753. The number of carbonyl (C=O) groups is 1. The molecule has 0 aromatic carbocycles. The lowest BCUT2D eigenvalue weighted by molar-refractivity contribution is 0.0122. The first-order valence-corrected chi connectivity index (χ1v) is 10.0. The predicted molar refractivity (Wildman–Crippen MR) is 103 cm³/mol. The molecule has 2 saturated heterocycles. The summed E-state index contributed by atoms with van der Waals surface area (Å²) < 4.78 is 26.0. The van der Waals surface area contributed by atoms with Crippen molar-refractivity contribution in [1.82, 2.24) is 15.2 Å². The number of anilines is 1. The van der Waals surface area contributed by atoms with Gasteiger partial charge in [0.1, 0.15) is 23.8 Å². The van der Waals surface area contributed by atoms with Crippen LogP contribution in [0.25, 0.3) is 0 Å². The summed E-state index contributed by atoms with van der Waals surface area (Å²) in [4.78, 5) is 20.8. The van der Waals surface area contributed by atoms with Crippen molar-refractivity contribution in [2.24, 2.45) is 0 Å². The fourth-order valence-electron chi connectivity index (χ4n) is 4.37. The Balaban J connectivity index is 1.51. The van der Waals surface area contributed by atoms with E-state index in [4.69, 9.17) is 9.47 Å². The maximum absolute atomic E-state index is 14.7. The molecule has 0 saturated carbocycles. The van der Waals surface area contributed by atoms with Gasteiger partial charge in [0.15, 0.2) is 0 Å². The van der Waals surface area contributed by atoms with Crippen molar-refractivity contribution >= 4 is 11.9 Å². The molecule has 0 radical (unpaired) electrons. The first-order valence-electron chi connectivity index (χ1n) is 10.0. The largest absolute Gasteiger partial charge is 0.491 e. The van der Waals surface area contributed by atoms with E-state index in [1.165, 1.54) is 0 Å². The third-order valence-corrected chi connectivity index (χ3v) is 5.73. The fourth-order valence-corrected chi connectivity index (χ4v) is 4.37. The van der Waals surface area contributed by atoms with Gasteiger partial charge in [-0.1, -0.05) is 0 Å². The highest BCUT2D eigenvalue weighted by Gasteiger charge is 2.44. The molecular formula is C20H29FN4O3. The normalized spacial score (nSPS) is 26.7. The summed E-state index contributed by atoms with van der Waals surface area (Å²) in [5.41, 5.74) is 0.0176. The Morgan fingerprint density at radius 3 is 2.61 bits per heavy atom. The Labute approximate surface area is 165 Å². The van der Waals surface area contributed by atoms with Gasteiger partial charge in [0.05, 0.1) is 17.6 Å². The number of nitrogens with zero attached hydrogens (tertiary/aromatic N) is 3. The number of halogens is 1. The number of pyridine rings is 1. The quantitative estimate of drug-likeness (QED) is 0.780. The number of piperazine rings is 1. The molecule has 154 valence electrons. The minimum Gasteiger partial charge on any atom is -0.491 e. The van der Waals surface area contributed by atoms with E-state index in [1.807, 2.05) is 38.8 Å². The number of rotatable bonds is 2. The summed E-state index contributed by atoms with van der Waals surface area (Å²) in [5, 5.41) is 3.12. The Kier molecular flexibility index (Phi) is 4.85. The molecule has 28 heavy (non-hydrogen) atoms. The predicted octanol–water partition coefficient (Wildman–Crippen LogP) is 2.33. The van der Waals surface area contributed by atoms with Gasteiger partial charge in [-0.05, 0) is 47.1 Å². The van der Waals surface area contributed by atoms with E-state index >= 15 is 0 Å². The van der Waals surface area contributed by atoms with E-state index in [-0.39, 0.29) is 24.2 Å². The van der Waals surface area contributed by atoms with Crippen LogP contribution in [0.4, 0.5) is 15.0 Å². The summed E-state index contributed by atoms with van der Waals surface area (Å²) in [6, 6.07) is 2.06. The van der Waals surface area contributed by atoms with Crippen LogP contribution in [0.2, 0.25) is 0 Å². The number of ether oxygens (including phenoxy) is 2. The number of hydrogen-bond acceptors (Lipinski definition) is 6. The van der Waals surface area contributed by atoms with Gasteiger partial charge in [-0.25, -0.2) is 9.78 Å². The van der Waals surface area contributed by atoms with Crippen LogP contribution in [0.3, 0.4) is 0 Å². The zero-order valence-corrected chi connectivity index (χ0v) is 17.0. The van der Waals surface area contributed by atoms with Crippen LogP contribution in [0.1, 0.15) is 39.2 Å². The maximum atomic E-state index is 14.7. The van der Waals surface area contributed by atoms with Crippen molar-refractivity contribution in [3.63, 3.8) is 0 Å². The van der Waals surface area contributed by atoms with Crippen LogP contribution in [0.5, 0.6) is 5.75 Å². The van der Waals surface area contributed by atoms with Crippen molar-refractivity contribution in [2.75, 3.05) is 31.6 Å². The van der Waals surface area contributed by atoms with E-state index in [9.17, 15) is 9.18 Å². The van der Waals surface area contributed by atoms with E-state index in [0.29, 0.717) is 43.2 Å². The van der Waals surface area contributed by atoms with Crippen LogP contribution < -0.4 is 15.0 Å². The highest BCUT2D eigenvalue weighted by Crippen LogP contribution is 2.36. The van der Waals surface area contributed by atoms with Crippen LogP contribution in [-0.4, -0.2) is 66.4 Å². The van der Waals surface area contributed by atoms with Gasteiger partial charge in [-0.3, -0.25) is 4.90 Å². The molecule has 0 spiro atoms. The first kappa shape index (κ1) is 19.2. The second-order valence-corrected chi connectivity index (χ2v) is 8.93. The van der Waals surface area contributed by atoms with Gasteiger partial charge >= 0.3 is 6.09 Å². The molecule has 1 N–H and O–H groups in total. The molecule has 2 bridgehead atoms. The summed E-state index contributed by atoms with van der Waals surface area (Å²) in [6.45, 7) is 7.40. The van der Waals surface area contributed by atoms with Crippen molar-refractivity contribution in [3.05, 3.63) is 17.6 Å². The average Bonchev–Trinajstić information content (AvgIpc) is 2.90. The smallest absolute Gasteiger partial charge is 0.410 e. The summed E-state index contributed by atoms with van der Waals surface area (Å²) in [6.07, 6.45) is 2.16. The fraction of sp³-hybridized carbons (Fsp3) is 0.700. The van der Waals surface area contributed by atoms with Crippen molar-refractivity contribution in [3.8, 4) is 5.75 Å². The lowest BCUT2D eigenvalue weighted by Gasteiger charge is -2.42. The van der Waals surface area contributed by atoms with Crippen molar-refractivity contribution < 1.29 is 18.7 Å². The minimum atomic E-state index is -0.515. The zero-order valence-electron chi connectivity index (χ0n) is 17.0. The van der Waals surface area contributed by atoms with Gasteiger partial charge < -0.3 is 19.7 Å². The van der Waals surface area contributed by atoms with Gasteiger partial charge in [-0.2, -0.15) is 4.39 Å². The standard InChI is InChI=1S/C20H29FN4O3/c1-20(2,3)28-19(26)25-13-5-6-14(25)10-24(9-13)17-8-16-15(18(21)23-17)7-12(22-4)11-27-16/h8,12-14,22H,5-7,9-11H2,1-4H3/t12-,13?,14?/m1/s1. The molecular weight excluding hydrogens is 363 g/mol. The molecule has 1 aromatic rings. The first-order chi connectivity index (χ1) is 13.2. The SMILES string of the molecule is CN[C@H]1COc2cc(N3CC4CCC(C3)N4C(=O)OC(C)(C)C)nc(F)c2C1. The maximum Gasteiger partial charge on any atom is 0.410 e. The average molecular weight is 392 g/mol. The summed E-state index contributed by atoms with van der Waals surface area (Å²) >= 11 is 0. The van der Waals surface area contributed by atoms with E-state index in [0.717, 1.165) is 12.8 Å². The summed E-state index contributed by atoms with van der Waals surface area (Å²) in [5.74, 6) is 0.699. The number of likely N-dealkylation sites (N-methyl/N-ethyl adjacent to an activating group) is 1. The van der Waals surface area contributed by atoms with Gasteiger partial charge in [-0.15, -0.1) is 0 Å². The molecule has 0 aliphatic carbocycles. The molecule has 7 nitrogen and oxygen atoms in total. The lowest BCUT2D eigenvalue weighted by Crippen LogP contribution is -2.57. The molecule has 4 heterocycles. The van der Waals surface area contributed by atoms with Crippen LogP contribution >= 0.6 is 0 Å². The lowest BCUT2D eigenvalue weighted by atomic mass is 10.0. The van der Waals surface area contributed by atoms with Gasteiger partial charge in [0.25, 0.3) is 0 Å². The number of fused-ring (bicyclic) bond motifs is 3. The monoisotopic (exact) mass is 392 g/mol. The number of nitrogens with one attached hydrogen (secondary N) is 1. The highest BCUT2D eigenvalue weighted by molar-refractivity contribution is 5.70.